The van der Waals surface area contributed by atoms with Crippen molar-refractivity contribution in [2.75, 3.05) is 26.4 Å². The summed E-state index contributed by atoms with van der Waals surface area (Å²) in [6.07, 6.45) is 8.74. The fourth-order valence-corrected chi connectivity index (χ4v) is 4.17. The number of hydrogen-bond donors (Lipinski definition) is 3. The van der Waals surface area contributed by atoms with Crippen LogP contribution < -0.4 is 21.7 Å². The van der Waals surface area contributed by atoms with Gasteiger partial charge in [-0.3, -0.25) is 0 Å². The molecule has 0 saturated heterocycles. The predicted octanol–water partition coefficient (Wildman–Crippen LogP) is 3.42. The maximum Gasteiger partial charge on any atom is 0.140 e. The molecule has 1 heterocycles. The lowest BCUT2D eigenvalue weighted by atomic mass is 9.98. The number of ether oxygens (including phenoxy) is 1. The van der Waals surface area contributed by atoms with Gasteiger partial charge in [-0.25, -0.2) is 16.3 Å². The summed E-state index contributed by atoms with van der Waals surface area (Å²) in [4.78, 5) is 4.69. The number of likely N-dealkylation sites (N-methyl/N-ethyl adjacent to an activating group) is 1. The first-order valence-electron chi connectivity index (χ1n) is 10.6. The molecule has 0 aromatic carbocycles. The normalized spacial score (nSPS) is 16.1. The number of nitrogens with zero attached hydrogens (tertiary/aromatic N) is 3. The van der Waals surface area contributed by atoms with Crippen molar-refractivity contribution in [1.29, 1.82) is 0 Å². The Balaban J connectivity index is 2.05. The third-order valence-electron chi connectivity index (χ3n) is 5.15. The quantitative estimate of drug-likeness (QED) is 0.216. The van der Waals surface area contributed by atoms with Crippen LogP contribution in [0.4, 0.5) is 0 Å². The molecule has 0 spiro atoms. The lowest BCUT2D eigenvalue weighted by molar-refractivity contribution is 0.153. The number of aryl methyl sites for hydroxylation is 1. The summed E-state index contributed by atoms with van der Waals surface area (Å²) in [7, 11) is 3.80. The van der Waals surface area contributed by atoms with Gasteiger partial charge < -0.3 is 15.5 Å². The molecule has 1 saturated carbocycles. The molecule has 29 heavy (non-hydrogen) atoms. The highest BCUT2D eigenvalue weighted by Crippen LogP contribution is 2.26. The molecule has 2 rings (SSSR count). The van der Waals surface area contributed by atoms with Gasteiger partial charge in [0.1, 0.15) is 5.75 Å². The molecule has 1 fully saturated rings. The van der Waals surface area contributed by atoms with E-state index in [1.807, 2.05) is 30.5 Å². The molecule has 0 bridgehead atoms. The summed E-state index contributed by atoms with van der Waals surface area (Å²) in [5, 5.41) is 1.55. The zero-order chi connectivity index (χ0) is 21.2. The molecule has 5 N–H and O–H groups in total. The van der Waals surface area contributed by atoms with Crippen molar-refractivity contribution in [3.63, 3.8) is 0 Å². The largest absolute Gasteiger partial charge is 0.489 e. The molecule has 0 amide bonds. The Morgan fingerprint density at radius 2 is 2.00 bits per heavy atom. The number of aromatic nitrogens is 1. The van der Waals surface area contributed by atoms with Gasteiger partial charge in [0.25, 0.3) is 0 Å². The second kappa shape index (κ2) is 12.3. The van der Waals surface area contributed by atoms with Crippen LogP contribution >= 0.6 is 11.9 Å². The summed E-state index contributed by atoms with van der Waals surface area (Å²) in [5.41, 5.74) is 12.7. The highest BCUT2D eigenvalue weighted by Gasteiger charge is 2.17. The highest BCUT2D eigenvalue weighted by molar-refractivity contribution is 7.96. The van der Waals surface area contributed by atoms with E-state index in [2.05, 4.69) is 12.3 Å². The third kappa shape index (κ3) is 7.70. The standard InChI is InChI=1S/C21H38N6OS/c1-5-6-14-29-27(4)24-15-19(26(3)23)21(22)18-12-13-20(16(2)25-18)28-17-10-8-7-9-11-17/h12-13,17,24H,5-11,14-15,22-23H2,1-4H3/b21-19-. The summed E-state index contributed by atoms with van der Waals surface area (Å²) < 4.78 is 8.18. The van der Waals surface area contributed by atoms with Crippen LogP contribution in [0.2, 0.25) is 0 Å². The molecule has 1 aliphatic rings. The Hall–Kier alpha value is -1.48. The summed E-state index contributed by atoms with van der Waals surface area (Å²) in [6, 6.07) is 3.90. The molecular formula is C21H38N6OS. The van der Waals surface area contributed by atoms with E-state index in [0.29, 0.717) is 24.0 Å². The first-order chi connectivity index (χ1) is 13.9. The average molecular weight is 423 g/mol. The Bertz CT molecular complexity index is 661. The minimum Gasteiger partial charge on any atom is -0.489 e. The fraction of sp³-hybridized carbons (Fsp3) is 0.667. The van der Waals surface area contributed by atoms with Gasteiger partial charge in [0.05, 0.1) is 35.4 Å². The van der Waals surface area contributed by atoms with Crippen molar-refractivity contribution in [2.45, 2.75) is 64.9 Å². The summed E-state index contributed by atoms with van der Waals surface area (Å²) in [5.74, 6) is 7.98. The van der Waals surface area contributed by atoms with Crippen molar-refractivity contribution < 1.29 is 4.74 Å². The van der Waals surface area contributed by atoms with Gasteiger partial charge in [-0.15, -0.1) is 0 Å². The number of hydrazine groups is 2. The molecule has 1 aromatic rings. The number of nitrogens with one attached hydrogen (secondary N) is 1. The van der Waals surface area contributed by atoms with Crippen LogP contribution in [0.5, 0.6) is 5.75 Å². The van der Waals surface area contributed by atoms with Crippen LogP contribution in [0.25, 0.3) is 5.70 Å². The van der Waals surface area contributed by atoms with Gasteiger partial charge in [0, 0.05) is 19.8 Å². The Kier molecular flexibility index (Phi) is 10.1. The van der Waals surface area contributed by atoms with E-state index < -0.39 is 0 Å². The molecule has 1 aromatic heterocycles. The molecular weight excluding hydrogens is 384 g/mol. The molecule has 0 aliphatic heterocycles. The van der Waals surface area contributed by atoms with Gasteiger partial charge in [-0.05, 0) is 51.2 Å². The first kappa shape index (κ1) is 23.8. The Morgan fingerprint density at radius 3 is 2.62 bits per heavy atom. The van der Waals surface area contributed by atoms with E-state index in [0.717, 1.165) is 35.7 Å². The van der Waals surface area contributed by atoms with Gasteiger partial charge in [0.15, 0.2) is 0 Å². The third-order valence-corrected chi connectivity index (χ3v) is 6.14. The zero-order valence-corrected chi connectivity index (χ0v) is 19.2. The highest BCUT2D eigenvalue weighted by atomic mass is 32.2. The van der Waals surface area contributed by atoms with Crippen molar-refractivity contribution in [3.05, 3.63) is 29.2 Å². The topological polar surface area (TPSA) is 92.7 Å². The minimum atomic E-state index is 0.304. The maximum atomic E-state index is 6.44. The van der Waals surface area contributed by atoms with Crippen molar-refractivity contribution in [2.24, 2.45) is 11.6 Å². The van der Waals surface area contributed by atoms with Crippen molar-refractivity contribution in [3.8, 4) is 5.75 Å². The molecule has 7 nitrogen and oxygen atoms in total. The lowest BCUT2D eigenvalue weighted by Crippen LogP contribution is -2.38. The second-order valence-electron chi connectivity index (χ2n) is 7.65. The zero-order valence-electron chi connectivity index (χ0n) is 18.4. The van der Waals surface area contributed by atoms with Crippen molar-refractivity contribution in [1.82, 2.24) is 19.8 Å². The van der Waals surface area contributed by atoms with Gasteiger partial charge in [0.2, 0.25) is 0 Å². The van der Waals surface area contributed by atoms with E-state index in [1.54, 1.807) is 24.0 Å². The van der Waals surface area contributed by atoms with Gasteiger partial charge in [-0.2, -0.15) is 4.41 Å². The number of hydrogen-bond acceptors (Lipinski definition) is 8. The predicted molar refractivity (Wildman–Crippen MR) is 123 cm³/mol. The minimum absolute atomic E-state index is 0.304. The number of nitrogens with two attached hydrogens (primary N) is 2. The van der Waals surface area contributed by atoms with Gasteiger partial charge >= 0.3 is 0 Å². The molecule has 8 heteroatoms. The number of pyridine rings is 1. The van der Waals surface area contributed by atoms with Crippen LogP contribution in [0.15, 0.2) is 17.8 Å². The molecule has 0 atom stereocenters. The maximum absolute atomic E-state index is 6.44. The molecule has 0 unspecified atom stereocenters. The van der Waals surface area contributed by atoms with Crippen LogP contribution in [-0.4, -0.2) is 46.9 Å². The molecule has 164 valence electrons. The van der Waals surface area contributed by atoms with E-state index in [1.165, 1.54) is 32.1 Å². The fourth-order valence-electron chi connectivity index (χ4n) is 3.32. The van der Waals surface area contributed by atoms with E-state index >= 15 is 0 Å². The Morgan fingerprint density at radius 1 is 1.28 bits per heavy atom. The first-order valence-corrected chi connectivity index (χ1v) is 11.6. The summed E-state index contributed by atoms with van der Waals surface area (Å²) >= 11 is 1.75. The van der Waals surface area contributed by atoms with Crippen LogP contribution in [0, 0.1) is 6.92 Å². The second-order valence-corrected chi connectivity index (χ2v) is 8.86. The van der Waals surface area contributed by atoms with Crippen LogP contribution in [-0.2, 0) is 0 Å². The van der Waals surface area contributed by atoms with E-state index in [9.17, 15) is 0 Å². The number of unbranched alkanes of at least 4 members (excludes halogenated alkanes) is 1. The molecule has 1 aliphatic carbocycles. The lowest BCUT2D eigenvalue weighted by Gasteiger charge is -2.25. The average Bonchev–Trinajstić information content (AvgIpc) is 2.70. The van der Waals surface area contributed by atoms with Gasteiger partial charge in [-0.1, -0.05) is 31.7 Å². The summed E-state index contributed by atoms with van der Waals surface area (Å²) in [6.45, 7) is 4.69. The Labute approximate surface area is 180 Å². The SMILES string of the molecule is CCCCSN(C)NC/C(=C(/N)c1ccc(OC2CCCCC2)c(C)n1)N(C)N. The van der Waals surface area contributed by atoms with E-state index in [4.69, 9.17) is 21.3 Å². The van der Waals surface area contributed by atoms with Crippen LogP contribution in [0.3, 0.4) is 0 Å². The van der Waals surface area contributed by atoms with Crippen LogP contribution in [0.1, 0.15) is 63.3 Å². The van der Waals surface area contributed by atoms with E-state index in [-0.39, 0.29) is 0 Å². The smallest absolute Gasteiger partial charge is 0.140 e. The number of rotatable bonds is 11. The van der Waals surface area contributed by atoms with Crippen molar-refractivity contribution >= 4 is 17.6 Å². The monoisotopic (exact) mass is 422 g/mol. The molecule has 0 radical (unpaired) electrons.